The van der Waals surface area contributed by atoms with Crippen LogP contribution in [-0.2, 0) is 0 Å². The summed E-state index contributed by atoms with van der Waals surface area (Å²) in [6.07, 6.45) is 1.55. The molecule has 0 atom stereocenters. The first-order valence-corrected chi connectivity index (χ1v) is 6.23. The molecule has 3 aromatic rings. The second-order valence-corrected chi connectivity index (χ2v) is 4.44. The highest BCUT2D eigenvalue weighted by Crippen LogP contribution is 2.26. The Morgan fingerprint density at radius 1 is 1.15 bits per heavy atom. The molecule has 0 radical (unpaired) electrons. The highest BCUT2D eigenvalue weighted by molar-refractivity contribution is 6.29. The van der Waals surface area contributed by atoms with Gasteiger partial charge in [-0.15, -0.1) is 0 Å². The first-order valence-electron chi connectivity index (χ1n) is 5.85. The van der Waals surface area contributed by atoms with Gasteiger partial charge < -0.3 is 4.74 Å². The summed E-state index contributed by atoms with van der Waals surface area (Å²) in [5.74, 6) is 0.874. The highest BCUT2D eigenvalue weighted by atomic mass is 35.5. The molecule has 0 saturated heterocycles. The molecule has 0 bridgehead atoms. The van der Waals surface area contributed by atoms with E-state index in [0.29, 0.717) is 27.9 Å². The Morgan fingerprint density at radius 3 is 2.80 bits per heavy atom. The third-order valence-corrected chi connectivity index (χ3v) is 2.94. The molecule has 0 spiro atoms. The van der Waals surface area contributed by atoms with Crippen molar-refractivity contribution in [3.05, 3.63) is 59.4 Å². The van der Waals surface area contributed by atoms with Crippen molar-refractivity contribution >= 4 is 22.5 Å². The zero-order valence-electron chi connectivity index (χ0n) is 10.2. The van der Waals surface area contributed by atoms with Gasteiger partial charge in [0.05, 0.1) is 11.1 Å². The summed E-state index contributed by atoms with van der Waals surface area (Å²) in [4.78, 5) is 8.25. The van der Waals surface area contributed by atoms with E-state index in [1.54, 1.807) is 24.4 Å². The van der Waals surface area contributed by atoms with Crippen LogP contribution in [0.1, 0.15) is 5.56 Å². The number of rotatable bonds is 2. The molecule has 0 fully saturated rings. The summed E-state index contributed by atoms with van der Waals surface area (Å²) in [6, 6.07) is 14.4. The second kappa shape index (κ2) is 5.16. The maximum Gasteiger partial charge on any atom is 0.221 e. The van der Waals surface area contributed by atoms with Gasteiger partial charge in [-0.3, -0.25) is 0 Å². The molecular weight excluding hydrogens is 274 g/mol. The maximum atomic E-state index is 9.21. The van der Waals surface area contributed by atoms with Gasteiger partial charge in [0.1, 0.15) is 17.0 Å². The minimum atomic E-state index is 0.337. The number of nitrogens with zero attached hydrogens (tertiary/aromatic N) is 3. The standard InChI is InChI=1S/C15H8ClN3O/c16-14-8-11(5-6-18-14)20-15-7-10(9-17)12-3-1-2-4-13(12)19-15/h1-8H. The van der Waals surface area contributed by atoms with E-state index < -0.39 is 0 Å². The van der Waals surface area contributed by atoms with E-state index in [1.165, 1.54) is 0 Å². The average molecular weight is 282 g/mol. The Bertz CT molecular complexity index is 827. The van der Waals surface area contributed by atoms with Crippen molar-refractivity contribution in [3.8, 4) is 17.7 Å². The Hall–Kier alpha value is -2.64. The molecule has 5 heteroatoms. The third kappa shape index (κ3) is 2.40. The van der Waals surface area contributed by atoms with Gasteiger partial charge in [-0.1, -0.05) is 29.8 Å². The molecule has 0 aliphatic carbocycles. The molecule has 1 aromatic carbocycles. The topological polar surface area (TPSA) is 58.8 Å². The van der Waals surface area contributed by atoms with Crippen LogP contribution >= 0.6 is 11.6 Å². The van der Waals surface area contributed by atoms with Crippen LogP contribution in [0.15, 0.2) is 48.7 Å². The molecule has 0 aliphatic heterocycles. The molecule has 96 valence electrons. The van der Waals surface area contributed by atoms with Gasteiger partial charge >= 0.3 is 0 Å². The van der Waals surface area contributed by atoms with E-state index in [4.69, 9.17) is 16.3 Å². The van der Waals surface area contributed by atoms with Crippen LogP contribution < -0.4 is 4.74 Å². The molecule has 0 aliphatic rings. The monoisotopic (exact) mass is 281 g/mol. The summed E-state index contributed by atoms with van der Waals surface area (Å²) >= 11 is 5.80. The van der Waals surface area contributed by atoms with E-state index in [0.717, 1.165) is 5.39 Å². The zero-order valence-corrected chi connectivity index (χ0v) is 11.0. The van der Waals surface area contributed by atoms with Gasteiger partial charge in [-0.2, -0.15) is 5.26 Å². The minimum absolute atomic E-state index is 0.337. The summed E-state index contributed by atoms with van der Waals surface area (Å²) in [5.41, 5.74) is 1.23. The van der Waals surface area contributed by atoms with Crippen LogP contribution in [0.3, 0.4) is 0 Å². The first-order chi connectivity index (χ1) is 9.76. The molecule has 20 heavy (non-hydrogen) atoms. The molecule has 0 saturated carbocycles. The number of hydrogen-bond acceptors (Lipinski definition) is 4. The quantitative estimate of drug-likeness (QED) is 0.667. The fourth-order valence-corrected chi connectivity index (χ4v) is 2.03. The van der Waals surface area contributed by atoms with Crippen LogP contribution in [0, 0.1) is 11.3 Å². The van der Waals surface area contributed by atoms with Gasteiger partial charge in [-0.25, -0.2) is 9.97 Å². The zero-order chi connectivity index (χ0) is 13.9. The molecule has 0 amide bonds. The normalized spacial score (nSPS) is 10.2. The Labute approximate surface area is 120 Å². The van der Waals surface area contributed by atoms with Gasteiger partial charge in [0.25, 0.3) is 0 Å². The molecular formula is C15H8ClN3O. The Kier molecular flexibility index (Phi) is 3.20. The van der Waals surface area contributed by atoms with Crippen molar-refractivity contribution < 1.29 is 4.74 Å². The van der Waals surface area contributed by atoms with Crippen LogP contribution in [0.2, 0.25) is 5.15 Å². The molecule has 0 N–H and O–H groups in total. The lowest BCUT2D eigenvalue weighted by Gasteiger charge is -2.07. The highest BCUT2D eigenvalue weighted by Gasteiger charge is 2.07. The van der Waals surface area contributed by atoms with E-state index in [-0.39, 0.29) is 0 Å². The number of aromatic nitrogens is 2. The average Bonchev–Trinajstić information content (AvgIpc) is 2.46. The molecule has 3 rings (SSSR count). The number of ether oxygens (including phenoxy) is 1. The number of nitriles is 1. The van der Waals surface area contributed by atoms with Crippen LogP contribution in [0.25, 0.3) is 10.9 Å². The Morgan fingerprint density at radius 2 is 2.00 bits per heavy atom. The minimum Gasteiger partial charge on any atom is -0.439 e. The van der Waals surface area contributed by atoms with Crippen molar-refractivity contribution in [2.75, 3.05) is 0 Å². The van der Waals surface area contributed by atoms with Crippen molar-refractivity contribution in [1.82, 2.24) is 9.97 Å². The van der Waals surface area contributed by atoms with Crippen molar-refractivity contribution in [2.45, 2.75) is 0 Å². The number of para-hydroxylation sites is 1. The van der Waals surface area contributed by atoms with E-state index in [9.17, 15) is 5.26 Å². The number of halogens is 1. The lowest BCUT2D eigenvalue weighted by Crippen LogP contribution is -1.91. The number of pyridine rings is 2. The lowest BCUT2D eigenvalue weighted by atomic mass is 10.1. The first kappa shape index (κ1) is 12.4. The van der Waals surface area contributed by atoms with E-state index in [2.05, 4.69) is 16.0 Å². The SMILES string of the molecule is N#Cc1cc(Oc2ccnc(Cl)c2)nc2ccccc12. The van der Waals surface area contributed by atoms with Crippen LogP contribution in [-0.4, -0.2) is 9.97 Å². The summed E-state index contributed by atoms with van der Waals surface area (Å²) in [5, 5.41) is 10.3. The molecule has 0 unspecified atom stereocenters. The van der Waals surface area contributed by atoms with Crippen molar-refractivity contribution in [2.24, 2.45) is 0 Å². The largest absolute Gasteiger partial charge is 0.439 e. The lowest BCUT2D eigenvalue weighted by molar-refractivity contribution is 0.464. The predicted octanol–water partition coefficient (Wildman–Crippen LogP) is 3.95. The van der Waals surface area contributed by atoms with Gasteiger partial charge in [0, 0.05) is 23.7 Å². The third-order valence-electron chi connectivity index (χ3n) is 2.73. The Balaban J connectivity index is 2.06. The number of fused-ring (bicyclic) bond motifs is 1. The van der Waals surface area contributed by atoms with E-state index >= 15 is 0 Å². The molecule has 4 nitrogen and oxygen atoms in total. The number of benzene rings is 1. The fourth-order valence-electron chi connectivity index (χ4n) is 1.86. The smallest absolute Gasteiger partial charge is 0.221 e. The molecule has 2 heterocycles. The maximum absolute atomic E-state index is 9.21. The van der Waals surface area contributed by atoms with Crippen LogP contribution in [0.5, 0.6) is 11.6 Å². The van der Waals surface area contributed by atoms with Gasteiger partial charge in [0.15, 0.2) is 0 Å². The summed E-state index contributed by atoms with van der Waals surface area (Å²) in [6.45, 7) is 0. The molecule has 2 aromatic heterocycles. The summed E-state index contributed by atoms with van der Waals surface area (Å²) in [7, 11) is 0. The summed E-state index contributed by atoms with van der Waals surface area (Å²) < 4.78 is 5.62. The van der Waals surface area contributed by atoms with Crippen molar-refractivity contribution in [3.63, 3.8) is 0 Å². The number of hydrogen-bond donors (Lipinski definition) is 0. The van der Waals surface area contributed by atoms with E-state index in [1.807, 2.05) is 24.3 Å². The second-order valence-electron chi connectivity index (χ2n) is 4.05. The fraction of sp³-hybridized carbons (Fsp3) is 0. The van der Waals surface area contributed by atoms with Gasteiger partial charge in [-0.05, 0) is 12.1 Å². The predicted molar refractivity (Wildman–Crippen MR) is 75.8 cm³/mol. The van der Waals surface area contributed by atoms with Crippen LogP contribution in [0.4, 0.5) is 0 Å². The van der Waals surface area contributed by atoms with Crippen molar-refractivity contribution in [1.29, 1.82) is 5.26 Å². The van der Waals surface area contributed by atoms with Gasteiger partial charge in [0.2, 0.25) is 5.88 Å².